The van der Waals surface area contributed by atoms with E-state index in [9.17, 15) is 14.4 Å². The van der Waals surface area contributed by atoms with Gasteiger partial charge in [0.05, 0.1) is 0 Å². The summed E-state index contributed by atoms with van der Waals surface area (Å²) < 4.78 is 0. The molecule has 2 rings (SSSR count). The molecule has 0 heterocycles. The highest BCUT2D eigenvalue weighted by atomic mass is 16.4. The minimum Gasteiger partial charge on any atom is -0.481 e. The monoisotopic (exact) mass is 226 g/mol. The minimum absolute atomic E-state index is 0.489. The van der Waals surface area contributed by atoms with Crippen molar-refractivity contribution in [3.63, 3.8) is 0 Å². The van der Waals surface area contributed by atoms with Crippen molar-refractivity contribution in [2.24, 2.45) is 17.3 Å². The van der Waals surface area contributed by atoms with Crippen LogP contribution in [-0.2, 0) is 14.4 Å². The first kappa shape index (κ1) is 11.1. The van der Waals surface area contributed by atoms with E-state index in [-0.39, 0.29) is 0 Å². The van der Waals surface area contributed by atoms with Crippen molar-refractivity contribution in [2.75, 3.05) is 0 Å². The van der Waals surface area contributed by atoms with Gasteiger partial charge in [0.2, 0.25) is 0 Å². The first-order chi connectivity index (χ1) is 7.46. The highest BCUT2D eigenvalue weighted by Crippen LogP contribution is 2.58. The van der Waals surface area contributed by atoms with Crippen molar-refractivity contribution < 1.29 is 24.6 Å². The fourth-order valence-electron chi connectivity index (χ4n) is 3.42. The molecule has 0 radical (unpaired) electrons. The summed E-state index contributed by atoms with van der Waals surface area (Å²) in [6, 6.07) is 0. The Kier molecular flexibility index (Phi) is 2.48. The van der Waals surface area contributed by atoms with Crippen LogP contribution in [-0.4, -0.2) is 27.9 Å². The SMILES string of the molecule is O=C(O)C(=O)C(C(=O)O)C12CCC(CC1)C2. The van der Waals surface area contributed by atoms with Gasteiger partial charge in [-0.25, -0.2) is 4.79 Å². The van der Waals surface area contributed by atoms with Crippen LogP contribution < -0.4 is 0 Å². The molecule has 88 valence electrons. The van der Waals surface area contributed by atoms with E-state index >= 15 is 0 Å². The molecular formula is C11H14O5. The van der Waals surface area contributed by atoms with Crippen LogP contribution in [0, 0.1) is 17.3 Å². The molecule has 5 nitrogen and oxygen atoms in total. The lowest BCUT2D eigenvalue weighted by molar-refractivity contribution is -0.161. The number of rotatable bonds is 4. The zero-order valence-corrected chi connectivity index (χ0v) is 8.81. The summed E-state index contributed by atoms with van der Waals surface area (Å²) in [5.41, 5.74) is -0.577. The molecule has 0 aromatic heterocycles. The van der Waals surface area contributed by atoms with E-state index in [4.69, 9.17) is 10.2 Å². The second kappa shape index (κ2) is 3.57. The molecule has 0 aromatic rings. The average molecular weight is 226 g/mol. The van der Waals surface area contributed by atoms with Crippen molar-refractivity contribution in [3.05, 3.63) is 0 Å². The number of hydrogen-bond donors (Lipinski definition) is 2. The van der Waals surface area contributed by atoms with Crippen molar-refractivity contribution >= 4 is 17.7 Å². The van der Waals surface area contributed by atoms with Gasteiger partial charge in [0.1, 0.15) is 5.92 Å². The van der Waals surface area contributed by atoms with E-state index in [1.54, 1.807) is 0 Å². The maximum absolute atomic E-state index is 11.5. The summed E-state index contributed by atoms with van der Waals surface area (Å²) in [7, 11) is 0. The van der Waals surface area contributed by atoms with E-state index in [0.29, 0.717) is 25.2 Å². The predicted molar refractivity (Wildman–Crippen MR) is 52.8 cm³/mol. The fraction of sp³-hybridized carbons (Fsp3) is 0.727. The zero-order chi connectivity index (χ0) is 11.9. The molecule has 2 aliphatic carbocycles. The van der Waals surface area contributed by atoms with Crippen molar-refractivity contribution in [3.8, 4) is 0 Å². The highest BCUT2D eigenvalue weighted by molar-refractivity contribution is 6.37. The number of Topliss-reactive ketones (excluding diaryl/α,β-unsaturated/α-hetero) is 1. The molecule has 16 heavy (non-hydrogen) atoms. The Bertz CT molecular complexity index is 351. The van der Waals surface area contributed by atoms with Crippen LogP contribution in [0.5, 0.6) is 0 Å². The Morgan fingerprint density at radius 1 is 1.12 bits per heavy atom. The normalized spacial score (nSPS) is 33.6. The summed E-state index contributed by atoms with van der Waals surface area (Å²) in [5, 5.41) is 17.8. The second-order valence-electron chi connectivity index (χ2n) is 4.95. The number of ketones is 1. The highest BCUT2D eigenvalue weighted by Gasteiger charge is 2.56. The molecular weight excluding hydrogens is 212 g/mol. The summed E-state index contributed by atoms with van der Waals surface area (Å²) in [6.45, 7) is 0. The van der Waals surface area contributed by atoms with E-state index in [1.807, 2.05) is 0 Å². The molecule has 0 amide bonds. The van der Waals surface area contributed by atoms with Crippen LogP contribution in [0.3, 0.4) is 0 Å². The molecule has 1 unspecified atom stereocenters. The second-order valence-corrected chi connectivity index (χ2v) is 4.95. The Balaban J connectivity index is 2.29. The lowest BCUT2D eigenvalue weighted by atomic mass is 9.71. The van der Waals surface area contributed by atoms with E-state index in [1.165, 1.54) is 0 Å². The summed E-state index contributed by atoms with van der Waals surface area (Å²) in [5.74, 6) is -4.93. The lowest BCUT2D eigenvalue weighted by Crippen LogP contribution is -2.41. The molecule has 2 bridgehead atoms. The standard InChI is InChI=1S/C11H14O5/c12-8(10(15)16)7(9(13)14)11-3-1-6(5-11)2-4-11/h6-7H,1-5H2,(H,13,14)(H,15,16). The summed E-state index contributed by atoms with van der Waals surface area (Å²) in [6.07, 6.45) is 3.90. The maximum atomic E-state index is 11.5. The molecule has 0 aromatic carbocycles. The number of carboxylic acid groups (broad SMARTS) is 2. The molecule has 0 aliphatic heterocycles. The van der Waals surface area contributed by atoms with Gasteiger partial charge in [-0.2, -0.15) is 0 Å². The average Bonchev–Trinajstić information content (AvgIpc) is 2.77. The van der Waals surface area contributed by atoms with Gasteiger partial charge in [-0.1, -0.05) is 0 Å². The van der Waals surface area contributed by atoms with Crippen molar-refractivity contribution in [1.82, 2.24) is 0 Å². The van der Waals surface area contributed by atoms with Gasteiger partial charge >= 0.3 is 11.9 Å². The van der Waals surface area contributed by atoms with Crippen LogP contribution >= 0.6 is 0 Å². The number of aliphatic carboxylic acids is 2. The Labute approximate surface area is 92.5 Å². The molecule has 5 heteroatoms. The van der Waals surface area contributed by atoms with E-state index in [0.717, 1.165) is 12.8 Å². The van der Waals surface area contributed by atoms with Crippen molar-refractivity contribution in [2.45, 2.75) is 32.1 Å². The third kappa shape index (κ3) is 1.50. The quantitative estimate of drug-likeness (QED) is 0.549. The lowest BCUT2D eigenvalue weighted by Gasteiger charge is -2.30. The Morgan fingerprint density at radius 3 is 2.00 bits per heavy atom. The maximum Gasteiger partial charge on any atom is 0.373 e. The number of carbonyl (C=O) groups excluding carboxylic acids is 1. The smallest absolute Gasteiger partial charge is 0.373 e. The number of hydrogen-bond acceptors (Lipinski definition) is 3. The molecule has 0 spiro atoms. The van der Waals surface area contributed by atoms with Crippen LogP contribution in [0.4, 0.5) is 0 Å². The van der Waals surface area contributed by atoms with Crippen LogP contribution in [0.15, 0.2) is 0 Å². The molecule has 0 saturated heterocycles. The van der Waals surface area contributed by atoms with Gasteiger partial charge in [-0.15, -0.1) is 0 Å². The van der Waals surface area contributed by atoms with E-state index in [2.05, 4.69) is 0 Å². The Morgan fingerprint density at radius 2 is 1.69 bits per heavy atom. The number of carbonyl (C=O) groups is 3. The zero-order valence-electron chi connectivity index (χ0n) is 8.81. The van der Waals surface area contributed by atoms with Gasteiger partial charge in [0, 0.05) is 0 Å². The predicted octanol–water partition coefficient (Wildman–Crippen LogP) is 0.921. The fourth-order valence-corrected chi connectivity index (χ4v) is 3.42. The van der Waals surface area contributed by atoms with Crippen LogP contribution in [0.1, 0.15) is 32.1 Å². The van der Waals surface area contributed by atoms with Gasteiger partial charge in [0.25, 0.3) is 5.78 Å². The van der Waals surface area contributed by atoms with Gasteiger partial charge in [-0.05, 0) is 43.4 Å². The Hall–Kier alpha value is -1.39. The number of fused-ring (bicyclic) bond motifs is 2. The van der Waals surface area contributed by atoms with Gasteiger partial charge in [-0.3, -0.25) is 9.59 Å². The summed E-state index contributed by atoms with van der Waals surface area (Å²) >= 11 is 0. The summed E-state index contributed by atoms with van der Waals surface area (Å²) in [4.78, 5) is 33.3. The number of carboxylic acids is 2. The molecule has 2 N–H and O–H groups in total. The van der Waals surface area contributed by atoms with E-state index < -0.39 is 29.1 Å². The molecule has 2 fully saturated rings. The largest absolute Gasteiger partial charge is 0.481 e. The van der Waals surface area contributed by atoms with Crippen LogP contribution in [0.2, 0.25) is 0 Å². The third-order valence-electron chi connectivity index (χ3n) is 4.13. The molecule has 2 aliphatic rings. The molecule has 2 saturated carbocycles. The third-order valence-corrected chi connectivity index (χ3v) is 4.13. The topological polar surface area (TPSA) is 91.7 Å². The first-order valence-electron chi connectivity index (χ1n) is 5.46. The first-order valence-corrected chi connectivity index (χ1v) is 5.46. The molecule has 1 atom stereocenters. The van der Waals surface area contributed by atoms with Crippen molar-refractivity contribution in [1.29, 1.82) is 0 Å². The van der Waals surface area contributed by atoms with Gasteiger partial charge < -0.3 is 10.2 Å². The minimum atomic E-state index is -1.63. The van der Waals surface area contributed by atoms with Crippen LogP contribution in [0.25, 0.3) is 0 Å². The van der Waals surface area contributed by atoms with Gasteiger partial charge in [0.15, 0.2) is 0 Å².